The van der Waals surface area contributed by atoms with Gasteiger partial charge in [0.2, 0.25) is 0 Å². The summed E-state index contributed by atoms with van der Waals surface area (Å²) < 4.78 is 2.23. The van der Waals surface area contributed by atoms with Gasteiger partial charge in [-0.25, -0.2) is 0 Å². The Kier molecular flexibility index (Phi) is 6.06. The van der Waals surface area contributed by atoms with Gasteiger partial charge in [-0.15, -0.1) is 0 Å². The van der Waals surface area contributed by atoms with E-state index < -0.39 is 0 Å². The van der Waals surface area contributed by atoms with Crippen LogP contribution in [0.15, 0.2) is 48.8 Å². The van der Waals surface area contributed by atoms with Crippen LogP contribution in [0.1, 0.15) is 50.8 Å². The zero-order chi connectivity index (χ0) is 15.1. The third-order valence-corrected chi connectivity index (χ3v) is 4.38. The normalized spacial score (nSPS) is 12.8. The van der Waals surface area contributed by atoms with Gasteiger partial charge in [0.15, 0.2) is 0 Å². The van der Waals surface area contributed by atoms with Crippen LogP contribution in [-0.2, 0) is 13.1 Å². The molecular formula is C19H28N2. The molecule has 2 rings (SSSR count). The number of nitrogens with one attached hydrogen (secondary N) is 1. The quantitative estimate of drug-likeness (QED) is 0.738. The topological polar surface area (TPSA) is 17.0 Å². The van der Waals surface area contributed by atoms with Crippen molar-refractivity contribution in [3.8, 4) is 0 Å². The first-order valence-corrected chi connectivity index (χ1v) is 8.21. The molecule has 0 aliphatic carbocycles. The summed E-state index contributed by atoms with van der Waals surface area (Å²) >= 11 is 0. The molecule has 2 heteroatoms. The molecule has 0 amide bonds. The highest BCUT2D eigenvalue weighted by atomic mass is 15.0. The molecule has 1 atom stereocenters. The summed E-state index contributed by atoms with van der Waals surface area (Å²) in [5.74, 6) is 0.681. The van der Waals surface area contributed by atoms with E-state index in [9.17, 15) is 0 Å². The molecule has 0 bridgehead atoms. The van der Waals surface area contributed by atoms with E-state index in [4.69, 9.17) is 0 Å². The van der Waals surface area contributed by atoms with Crippen LogP contribution in [0.2, 0.25) is 0 Å². The van der Waals surface area contributed by atoms with E-state index in [1.54, 1.807) is 0 Å². The van der Waals surface area contributed by atoms with Gasteiger partial charge in [0.05, 0.1) is 0 Å². The third-order valence-electron chi connectivity index (χ3n) is 4.38. The van der Waals surface area contributed by atoms with Crippen LogP contribution in [0, 0.1) is 5.92 Å². The van der Waals surface area contributed by atoms with Crippen LogP contribution >= 0.6 is 0 Å². The van der Waals surface area contributed by atoms with Crippen molar-refractivity contribution in [2.24, 2.45) is 5.92 Å². The van der Waals surface area contributed by atoms with E-state index in [0.717, 1.165) is 13.1 Å². The third kappa shape index (κ3) is 4.21. The Morgan fingerprint density at radius 3 is 2.29 bits per heavy atom. The first kappa shape index (κ1) is 15.8. The maximum Gasteiger partial charge on any atom is 0.0351 e. The molecule has 1 aromatic carbocycles. The van der Waals surface area contributed by atoms with Gasteiger partial charge in [-0.05, 0) is 30.0 Å². The minimum absolute atomic E-state index is 0.436. The average molecular weight is 284 g/mol. The molecule has 21 heavy (non-hydrogen) atoms. The molecule has 0 fully saturated rings. The summed E-state index contributed by atoms with van der Waals surface area (Å²) in [4.78, 5) is 0. The van der Waals surface area contributed by atoms with Crippen LogP contribution in [0.3, 0.4) is 0 Å². The first-order chi connectivity index (χ1) is 10.3. The van der Waals surface area contributed by atoms with Crippen molar-refractivity contribution in [1.82, 2.24) is 9.88 Å². The fourth-order valence-electron chi connectivity index (χ4n) is 3.00. The Morgan fingerprint density at radius 2 is 1.71 bits per heavy atom. The Morgan fingerprint density at radius 1 is 1.00 bits per heavy atom. The second-order valence-corrected chi connectivity index (χ2v) is 5.70. The Hall–Kier alpha value is -1.54. The van der Waals surface area contributed by atoms with Crippen molar-refractivity contribution < 1.29 is 0 Å². The van der Waals surface area contributed by atoms with Crippen molar-refractivity contribution in [3.63, 3.8) is 0 Å². The lowest BCUT2D eigenvalue weighted by Crippen LogP contribution is -2.27. The van der Waals surface area contributed by atoms with Gasteiger partial charge >= 0.3 is 0 Å². The molecule has 1 heterocycles. The second-order valence-electron chi connectivity index (χ2n) is 5.70. The lowest BCUT2D eigenvalue weighted by Gasteiger charge is -2.27. The maximum absolute atomic E-state index is 3.78. The van der Waals surface area contributed by atoms with E-state index in [2.05, 4.69) is 79.4 Å². The molecule has 1 unspecified atom stereocenters. The lowest BCUT2D eigenvalue weighted by atomic mass is 9.88. The molecule has 0 radical (unpaired) electrons. The molecule has 1 N–H and O–H groups in total. The van der Waals surface area contributed by atoms with Gasteiger partial charge in [0, 0.05) is 31.5 Å². The van der Waals surface area contributed by atoms with Crippen LogP contribution in [0.25, 0.3) is 0 Å². The van der Waals surface area contributed by atoms with Gasteiger partial charge in [0.25, 0.3) is 0 Å². The molecule has 114 valence electrons. The maximum atomic E-state index is 3.78. The van der Waals surface area contributed by atoms with Crippen LogP contribution in [0.4, 0.5) is 0 Å². The van der Waals surface area contributed by atoms with Gasteiger partial charge in [-0.2, -0.15) is 0 Å². The number of aromatic nitrogens is 1. The Balaban J connectivity index is 2.08. The first-order valence-electron chi connectivity index (χ1n) is 8.21. The van der Waals surface area contributed by atoms with Gasteiger partial charge < -0.3 is 9.88 Å². The summed E-state index contributed by atoms with van der Waals surface area (Å²) in [6, 6.07) is 13.5. The number of hydrogen-bond donors (Lipinski definition) is 1. The summed E-state index contributed by atoms with van der Waals surface area (Å²) in [6.45, 7) is 8.73. The van der Waals surface area contributed by atoms with E-state index in [0.29, 0.717) is 12.0 Å². The molecular weight excluding hydrogens is 256 g/mol. The highest BCUT2D eigenvalue weighted by Crippen LogP contribution is 2.27. The molecule has 0 saturated heterocycles. The van der Waals surface area contributed by atoms with Gasteiger partial charge in [-0.3, -0.25) is 0 Å². The minimum Gasteiger partial charge on any atom is -0.354 e. The number of nitrogens with zero attached hydrogens (tertiary/aromatic N) is 1. The Bertz CT molecular complexity index is 511. The monoisotopic (exact) mass is 284 g/mol. The van der Waals surface area contributed by atoms with Crippen LogP contribution < -0.4 is 5.32 Å². The molecule has 0 aliphatic rings. The van der Waals surface area contributed by atoms with Gasteiger partial charge in [-0.1, -0.05) is 57.0 Å². The zero-order valence-corrected chi connectivity index (χ0v) is 13.5. The second kappa shape index (κ2) is 8.04. The fraction of sp³-hybridized carbons (Fsp3) is 0.474. The molecule has 2 nitrogen and oxygen atoms in total. The summed E-state index contributed by atoms with van der Waals surface area (Å²) in [5, 5.41) is 3.78. The Labute approximate surface area is 129 Å². The summed E-state index contributed by atoms with van der Waals surface area (Å²) in [7, 11) is 0. The van der Waals surface area contributed by atoms with Crippen LogP contribution in [-0.4, -0.2) is 4.57 Å². The SMILES string of the molecule is CCC(CC)C(NCc1ccn(CC)c1)c1ccccc1. The van der Waals surface area contributed by atoms with E-state index >= 15 is 0 Å². The van der Waals surface area contributed by atoms with Crippen molar-refractivity contribution in [1.29, 1.82) is 0 Å². The predicted octanol–water partition coefficient (Wildman–Crippen LogP) is 4.78. The number of hydrogen-bond acceptors (Lipinski definition) is 1. The summed E-state index contributed by atoms with van der Waals surface area (Å²) in [5.41, 5.74) is 2.77. The molecule has 2 aromatic rings. The molecule has 0 aliphatic heterocycles. The van der Waals surface area contributed by atoms with Crippen molar-refractivity contribution in [3.05, 3.63) is 59.9 Å². The average Bonchev–Trinajstić information content (AvgIpc) is 3.00. The minimum atomic E-state index is 0.436. The predicted molar refractivity (Wildman–Crippen MR) is 90.2 cm³/mol. The van der Waals surface area contributed by atoms with Crippen molar-refractivity contribution in [2.75, 3.05) is 0 Å². The van der Waals surface area contributed by atoms with Gasteiger partial charge in [0.1, 0.15) is 0 Å². The molecule has 0 saturated carbocycles. The molecule has 1 aromatic heterocycles. The zero-order valence-electron chi connectivity index (χ0n) is 13.5. The van der Waals surface area contributed by atoms with Crippen LogP contribution in [0.5, 0.6) is 0 Å². The largest absolute Gasteiger partial charge is 0.354 e. The van der Waals surface area contributed by atoms with Crippen molar-refractivity contribution in [2.45, 2.75) is 52.7 Å². The van der Waals surface area contributed by atoms with E-state index in [1.165, 1.54) is 24.0 Å². The standard InChI is InChI=1S/C19H28N2/c1-4-17(5-2)19(18-10-8-7-9-11-18)20-14-16-12-13-21(6-3)15-16/h7-13,15,17,19-20H,4-6,14H2,1-3H3. The number of aryl methyl sites for hydroxylation is 1. The van der Waals surface area contributed by atoms with E-state index in [1.807, 2.05) is 0 Å². The highest BCUT2D eigenvalue weighted by Gasteiger charge is 2.19. The smallest absolute Gasteiger partial charge is 0.0351 e. The fourth-order valence-corrected chi connectivity index (χ4v) is 3.00. The van der Waals surface area contributed by atoms with Crippen molar-refractivity contribution >= 4 is 0 Å². The highest BCUT2D eigenvalue weighted by molar-refractivity contribution is 5.20. The van der Waals surface area contributed by atoms with E-state index in [-0.39, 0.29) is 0 Å². The lowest BCUT2D eigenvalue weighted by molar-refractivity contribution is 0.339. The summed E-state index contributed by atoms with van der Waals surface area (Å²) in [6.07, 6.45) is 6.81. The number of rotatable bonds is 8. The number of benzene rings is 1. The molecule has 0 spiro atoms.